The van der Waals surface area contributed by atoms with Gasteiger partial charge in [-0.3, -0.25) is 9.78 Å². The first-order valence-corrected chi connectivity index (χ1v) is 8.14. The Morgan fingerprint density at radius 3 is 2.74 bits per heavy atom. The van der Waals surface area contributed by atoms with Gasteiger partial charge in [0.2, 0.25) is 0 Å². The number of pyridine rings is 1. The molecule has 0 saturated carbocycles. The minimum atomic E-state index is -3.07. The highest BCUT2D eigenvalue weighted by molar-refractivity contribution is 7.90. The largest absolute Gasteiger partial charge is 0.385 e. The molecule has 0 fully saturated rings. The van der Waals surface area contributed by atoms with E-state index >= 15 is 0 Å². The molecule has 0 saturated heterocycles. The summed E-state index contributed by atoms with van der Waals surface area (Å²) in [4.78, 5) is 15.7. The lowest BCUT2D eigenvalue weighted by Crippen LogP contribution is -2.29. The number of nitrogens with one attached hydrogen (secondary N) is 2. The number of amides is 1. The van der Waals surface area contributed by atoms with Gasteiger partial charge in [0.25, 0.3) is 5.91 Å². The van der Waals surface area contributed by atoms with Crippen LogP contribution in [0.5, 0.6) is 0 Å². The number of carbonyl (C=O) groups excluding carboxylic acids is 1. The van der Waals surface area contributed by atoms with E-state index in [4.69, 9.17) is 0 Å². The first-order valence-electron chi connectivity index (χ1n) is 6.08. The molecule has 1 amide bonds. The average Bonchev–Trinajstić information content (AvgIpc) is 2.35. The van der Waals surface area contributed by atoms with Crippen molar-refractivity contribution in [3.8, 4) is 0 Å². The number of anilines is 1. The topological polar surface area (TPSA) is 88.2 Å². The van der Waals surface area contributed by atoms with E-state index in [1.807, 2.05) is 6.92 Å². The highest BCUT2D eigenvalue weighted by Crippen LogP contribution is 2.07. The lowest BCUT2D eigenvalue weighted by atomic mass is 10.3. The highest BCUT2D eigenvalue weighted by Gasteiger charge is 2.09. The molecule has 1 rings (SSSR count). The Morgan fingerprint density at radius 1 is 1.37 bits per heavy atom. The number of hydrogen-bond donors (Lipinski definition) is 2. The quantitative estimate of drug-likeness (QED) is 0.769. The van der Waals surface area contributed by atoms with Crippen LogP contribution >= 0.6 is 0 Å². The Morgan fingerprint density at radius 2 is 2.11 bits per heavy atom. The van der Waals surface area contributed by atoms with Gasteiger partial charge in [0, 0.05) is 31.2 Å². The van der Waals surface area contributed by atoms with Gasteiger partial charge in [-0.15, -0.1) is 0 Å². The summed E-state index contributed by atoms with van der Waals surface area (Å²) in [6, 6.07) is 3.42. The third kappa shape index (κ3) is 6.19. The first kappa shape index (κ1) is 15.4. The van der Waals surface area contributed by atoms with Crippen LogP contribution in [-0.4, -0.2) is 44.4 Å². The predicted molar refractivity (Wildman–Crippen MR) is 75.1 cm³/mol. The smallest absolute Gasteiger partial charge is 0.269 e. The summed E-state index contributed by atoms with van der Waals surface area (Å²) >= 11 is 0. The first-order chi connectivity index (χ1) is 8.92. The Hall–Kier alpha value is -1.63. The van der Waals surface area contributed by atoms with E-state index in [1.165, 1.54) is 0 Å². The van der Waals surface area contributed by atoms with Crippen LogP contribution in [0.1, 0.15) is 23.8 Å². The maximum atomic E-state index is 11.8. The zero-order valence-electron chi connectivity index (χ0n) is 11.1. The van der Waals surface area contributed by atoms with Gasteiger partial charge in [0.15, 0.2) is 0 Å². The average molecular weight is 285 g/mol. The number of sulfone groups is 1. The van der Waals surface area contributed by atoms with Crippen LogP contribution in [0.25, 0.3) is 0 Å². The molecule has 0 radical (unpaired) electrons. The highest BCUT2D eigenvalue weighted by atomic mass is 32.2. The fourth-order valence-electron chi connectivity index (χ4n) is 1.37. The summed E-state index contributed by atoms with van der Waals surface area (Å²) < 4.78 is 21.9. The SMILES string of the molecule is CCCNc1ccnc(C(=O)NCCS(C)(=O)=O)c1. The van der Waals surface area contributed by atoms with Gasteiger partial charge < -0.3 is 10.6 Å². The van der Waals surface area contributed by atoms with E-state index in [1.54, 1.807) is 18.3 Å². The minimum absolute atomic E-state index is 0.0769. The van der Waals surface area contributed by atoms with Gasteiger partial charge in [0.05, 0.1) is 5.75 Å². The number of aromatic nitrogens is 1. The van der Waals surface area contributed by atoms with Crippen LogP contribution in [0.15, 0.2) is 18.3 Å². The molecule has 0 aliphatic rings. The van der Waals surface area contributed by atoms with Crippen molar-refractivity contribution in [1.82, 2.24) is 10.3 Å². The summed E-state index contributed by atoms with van der Waals surface area (Å²) in [6.07, 6.45) is 3.66. The van der Waals surface area contributed by atoms with Gasteiger partial charge in [-0.25, -0.2) is 8.42 Å². The Balaban J connectivity index is 2.56. The molecule has 0 unspecified atom stereocenters. The Labute approximate surface area is 113 Å². The number of rotatable bonds is 7. The molecule has 0 aliphatic carbocycles. The van der Waals surface area contributed by atoms with Gasteiger partial charge >= 0.3 is 0 Å². The van der Waals surface area contributed by atoms with Gasteiger partial charge in [0.1, 0.15) is 15.5 Å². The molecule has 2 N–H and O–H groups in total. The van der Waals surface area contributed by atoms with Crippen LogP contribution in [-0.2, 0) is 9.84 Å². The second kappa shape index (κ2) is 7.08. The molecule has 1 heterocycles. The summed E-state index contributed by atoms with van der Waals surface area (Å²) in [7, 11) is -3.07. The van der Waals surface area contributed by atoms with E-state index in [9.17, 15) is 13.2 Å². The number of nitrogens with zero attached hydrogens (tertiary/aromatic N) is 1. The molecule has 6 nitrogen and oxygen atoms in total. The summed E-state index contributed by atoms with van der Waals surface area (Å²) in [6.45, 7) is 2.96. The standard InChI is InChI=1S/C12H19N3O3S/c1-3-5-13-10-4-6-14-11(9-10)12(16)15-7-8-19(2,17)18/h4,6,9H,3,5,7-8H2,1-2H3,(H,13,14)(H,15,16). The third-order valence-electron chi connectivity index (χ3n) is 2.33. The predicted octanol–water partition coefficient (Wildman–Crippen LogP) is 0.678. The van der Waals surface area contributed by atoms with Crippen molar-refractivity contribution in [1.29, 1.82) is 0 Å². The zero-order valence-corrected chi connectivity index (χ0v) is 12.0. The second-order valence-electron chi connectivity index (χ2n) is 4.24. The van der Waals surface area contributed by atoms with Crippen LogP contribution in [0.4, 0.5) is 5.69 Å². The number of hydrogen-bond acceptors (Lipinski definition) is 5. The van der Waals surface area contributed by atoms with Crippen LogP contribution in [0.2, 0.25) is 0 Å². The maximum Gasteiger partial charge on any atom is 0.269 e. The monoisotopic (exact) mass is 285 g/mol. The fourth-order valence-corrected chi connectivity index (χ4v) is 1.85. The molecule has 1 aromatic heterocycles. The van der Waals surface area contributed by atoms with Crippen LogP contribution in [0, 0.1) is 0 Å². The normalized spacial score (nSPS) is 11.1. The van der Waals surface area contributed by atoms with E-state index in [2.05, 4.69) is 15.6 Å². The molecule has 0 bridgehead atoms. The lowest BCUT2D eigenvalue weighted by molar-refractivity contribution is 0.0951. The lowest BCUT2D eigenvalue weighted by Gasteiger charge is -2.07. The van der Waals surface area contributed by atoms with E-state index in [-0.39, 0.29) is 23.9 Å². The third-order valence-corrected chi connectivity index (χ3v) is 3.28. The molecule has 1 aromatic rings. The molecular formula is C12H19N3O3S. The maximum absolute atomic E-state index is 11.8. The molecule has 0 aromatic carbocycles. The van der Waals surface area contributed by atoms with E-state index in [0.29, 0.717) is 0 Å². The minimum Gasteiger partial charge on any atom is -0.385 e. The molecule has 0 atom stereocenters. The molecule has 0 spiro atoms. The summed E-state index contributed by atoms with van der Waals surface area (Å²) in [5, 5.41) is 5.68. The molecule has 19 heavy (non-hydrogen) atoms. The molecule has 106 valence electrons. The van der Waals surface area contributed by atoms with Gasteiger partial charge in [-0.2, -0.15) is 0 Å². The molecule has 0 aliphatic heterocycles. The van der Waals surface area contributed by atoms with Gasteiger partial charge in [-0.1, -0.05) is 6.92 Å². The van der Waals surface area contributed by atoms with Crippen LogP contribution < -0.4 is 10.6 Å². The van der Waals surface area contributed by atoms with Crippen molar-refractivity contribution in [2.75, 3.05) is 30.4 Å². The molecular weight excluding hydrogens is 266 g/mol. The van der Waals surface area contributed by atoms with E-state index in [0.717, 1.165) is 24.9 Å². The second-order valence-corrected chi connectivity index (χ2v) is 6.50. The van der Waals surface area contributed by atoms with E-state index < -0.39 is 9.84 Å². The summed E-state index contributed by atoms with van der Waals surface area (Å²) in [5.74, 6) is -0.448. The van der Waals surface area contributed by atoms with Crippen molar-refractivity contribution in [2.45, 2.75) is 13.3 Å². The van der Waals surface area contributed by atoms with Crippen molar-refractivity contribution >= 4 is 21.4 Å². The Bertz CT molecular complexity index is 529. The van der Waals surface area contributed by atoms with Crippen molar-refractivity contribution < 1.29 is 13.2 Å². The van der Waals surface area contributed by atoms with Crippen LogP contribution in [0.3, 0.4) is 0 Å². The summed E-state index contributed by atoms with van der Waals surface area (Å²) in [5.41, 5.74) is 1.10. The van der Waals surface area contributed by atoms with Gasteiger partial charge in [-0.05, 0) is 18.6 Å². The van der Waals surface area contributed by atoms with Crippen molar-refractivity contribution in [3.05, 3.63) is 24.0 Å². The van der Waals surface area contributed by atoms with Crippen molar-refractivity contribution in [3.63, 3.8) is 0 Å². The Kier molecular flexibility index (Phi) is 5.75. The zero-order chi connectivity index (χ0) is 14.3. The number of carbonyl (C=O) groups is 1. The van der Waals surface area contributed by atoms with Crippen molar-refractivity contribution in [2.24, 2.45) is 0 Å². The molecule has 7 heteroatoms. The fraction of sp³-hybridized carbons (Fsp3) is 0.500.